The minimum Gasteiger partial charge on any atom is -0.394 e. The Morgan fingerprint density at radius 1 is 0.828 bits per heavy atom. The van der Waals surface area contributed by atoms with Crippen LogP contribution in [0, 0.1) is 11.3 Å². The SMILES string of the molecule is CC(C)CC(CO)N=c1c(=N)cc2cccc3c4cccc5cccc(c1c23)c54. The van der Waals surface area contributed by atoms with Gasteiger partial charge in [-0.05, 0) is 56.1 Å². The highest BCUT2D eigenvalue weighted by Crippen LogP contribution is 2.38. The Balaban J connectivity index is 2.06. The zero-order valence-electron chi connectivity index (χ0n) is 16.7. The minimum absolute atomic E-state index is 0.00245. The van der Waals surface area contributed by atoms with Gasteiger partial charge in [0.2, 0.25) is 0 Å². The second-order valence-electron chi connectivity index (χ2n) is 8.36. The van der Waals surface area contributed by atoms with E-state index in [-0.39, 0.29) is 12.6 Å². The summed E-state index contributed by atoms with van der Waals surface area (Å²) in [5.74, 6) is 0.432. The molecule has 5 rings (SSSR count). The summed E-state index contributed by atoms with van der Waals surface area (Å²) >= 11 is 0. The topological polar surface area (TPSA) is 56.4 Å². The van der Waals surface area contributed by atoms with Gasteiger partial charge in [0.05, 0.1) is 23.4 Å². The third-order valence-electron chi connectivity index (χ3n) is 5.87. The molecular weight excluding hydrogens is 356 g/mol. The van der Waals surface area contributed by atoms with Crippen molar-refractivity contribution in [2.24, 2.45) is 10.9 Å². The van der Waals surface area contributed by atoms with Gasteiger partial charge >= 0.3 is 0 Å². The maximum Gasteiger partial charge on any atom is 0.0913 e. The molecule has 0 aliphatic carbocycles. The van der Waals surface area contributed by atoms with Crippen LogP contribution in [0.15, 0.2) is 65.7 Å². The number of rotatable bonds is 4. The predicted molar refractivity (Wildman–Crippen MR) is 121 cm³/mol. The second kappa shape index (κ2) is 6.78. The van der Waals surface area contributed by atoms with Crippen molar-refractivity contribution < 1.29 is 5.11 Å². The summed E-state index contributed by atoms with van der Waals surface area (Å²) in [6, 6.07) is 20.8. The van der Waals surface area contributed by atoms with Crippen LogP contribution in [-0.4, -0.2) is 17.8 Å². The fourth-order valence-electron chi connectivity index (χ4n) is 4.74. The monoisotopic (exact) mass is 380 g/mol. The zero-order valence-corrected chi connectivity index (χ0v) is 16.7. The Bertz CT molecular complexity index is 1460. The molecule has 0 heterocycles. The largest absolute Gasteiger partial charge is 0.394 e. The van der Waals surface area contributed by atoms with Crippen LogP contribution in [0.4, 0.5) is 0 Å². The van der Waals surface area contributed by atoms with Crippen LogP contribution in [-0.2, 0) is 0 Å². The Morgan fingerprint density at radius 3 is 2.10 bits per heavy atom. The zero-order chi connectivity index (χ0) is 20.1. The smallest absolute Gasteiger partial charge is 0.0913 e. The molecule has 0 bridgehead atoms. The van der Waals surface area contributed by atoms with Crippen LogP contribution in [0.1, 0.15) is 20.3 Å². The summed E-state index contributed by atoms with van der Waals surface area (Å²) in [4.78, 5) is 4.94. The van der Waals surface area contributed by atoms with Crippen molar-refractivity contribution >= 4 is 43.1 Å². The summed E-state index contributed by atoms with van der Waals surface area (Å²) < 4.78 is 0. The van der Waals surface area contributed by atoms with Crippen LogP contribution in [0.2, 0.25) is 0 Å². The van der Waals surface area contributed by atoms with Gasteiger partial charge in [-0.1, -0.05) is 68.4 Å². The molecule has 0 saturated heterocycles. The highest BCUT2D eigenvalue weighted by atomic mass is 16.3. The number of aliphatic hydroxyl groups is 1. The standard InChI is InChI=1S/C26H24N2O/c1-15(2)12-18(14-29)28-26-22(27)13-17-8-5-10-20-19-9-3-6-16-7-4-11-21(23(16)19)25(26)24(17)20/h3-11,13,15,18,27,29H,12,14H2,1-2H3. The van der Waals surface area contributed by atoms with Gasteiger partial charge in [-0.15, -0.1) is 0 Å². The van der Waals surface area contributed by atoms with E-state index in [0.717, 1.165) is 28.0 Å². The molecule has 0 amide bonds. The molecule has 144 valence electrons. The molecule has 0 spiro atoms. The first-order valence-corrected chi connectivity index (χ1v) is 10.2. The van der Waals surface area contributed by atoms with E-state index in [2.05, 4.69) is 68.4 Å². The van der Waals surface area contributed by atoms with Crippen LogP contribution in [0.3, 0.4) is 0 Å². The van der Waals surface area contributed by atoms with Gasteiger partial charge in [-0.3, -0.25) is 10.4 Å². The number of nitrogens with zero attached hydrogens (tertiary/aromatic N) is 1. The number of benzene rings is 5. The van der Waals surface area contributed by atoms with Gasteiger partial charge in [0, 0.05) is 5.39 Å². The van der Waals surface area contributed by atoms with Crippen molar-refractivity contribution in [3.05, 3.63) is 71.4 Å². The van der Waals surface area contributed by atoms with E-state index in [9.17, 15) is 5.11 Å². The number of hydrogen-bond acceptors (Lipinski definition) is 3. The van der Waals surface area contributed by atoms with Gasteiger partial charge in [-0.2, -0.15) is 0 Å². The molecule has 3 nitrogen and oxygen atoms in total. The van der Waals surface area contributed by atoms with E-state index in [1.54, 1.807) is 0 Å². The first-order valence-electron chi connectivity index (χ1n) is 10.2. The lowest BCUT2D eigenvalue weighted by molar-refractivity contribution is 0.249. The Labute approximate surface area is 169 Å². The van der Waals surface area contributed by atoms with Gasteiger partial charge in [-0.25, -0.2) is 0 Å². The molecule has 3 heteroatoms. The van der Waals surface area contributed by atoms with Crippen LogP contribution >= 0.6 is 0 Å². The first kappa shape index (κ1) is 18.0. The molecule has 0 radical (unpaired) electrons. The van der Waals surface area contributed by atoms with Gasteiger partial charge in [0.1, 0.15) is 0 Å². The molecule has 0 aliphatic rings. The van der Waals surface area contributed by atoms with Crippen molar-refractivity contribution in [3.63, 3.8) is 0 Å². The summed E-state index contributed by atoms with van der Waals surface area (Å²) in [6.45, 7) is 4.27. The van der Waals surface area contributed by atoms with E-state index >= 15 is 0 Å². The summed E-state index contributed by atoms with van der Waals surface area (Å²) in [6.07, 6.45) is 0.801. The lowest BCUT2D eigenvalue weighted by Crippen LogP contribution is -2.29. The number of hydrogen-bond donors (Lipinski definition) is 2. The van der Waals surface area contributed by atoms with Crippen molar-refractivity contribution in [1.82, 2.24) is 0 Å². The van der Waals surface area contributed by atoms with Crippen LogP contribution in [0.5, 0.6) is 0 Å². The van der Waals surface area contributed by atoms with E-state index < -0.39 is 0 Å². The summed E-state index contributed by atoms with van der Waals surface area (Å²) in [7, 11) is 0. The lowest BCUT2D eigenvalue weighted by Gasteiger charge is -2.16. The molecule has 0 saturated carbocycles. The van der Waals surface area contributed by atoms with Crippen molar-refractivity contribution in [3.8, 4) is 0 Å². The average molecular weight is 380 g/mol. The molecule has 5 aromatic rings. The third-order valence-corrected chi connectivity index (χ3v) is 5.87. The van der Waals surface area contributed by atoms with E-state index in [4.69, 9.17) is 10.4 Å². The molecule has 0 aromatic heterocycles. The third kappa shape index (κ3) is 2.77. The number of fused-ring (bicyclic) bond motifs is 2. The molecule has 1 unspecified atom stereocenters. The fourth-order valence-corrected chi connectivity index (χ4v) is 4.74. The van der Waals surface area contributed by atoms with Gasteiger partial charge < -0.3 is 5.11 Å². The van der Waals surface area contributed by atoms with E-state index in [0.29, 0.717) is 16.6 Å². The Morgan fingerprint density at radius 2 is 1.45 bits per heavy atom. The second-order valence-corrected chi connectivity index (χ2v) is 8.36. The molecule has 0 fully saturated rings. The minimum atomic E-state index is -0.198. The molecular formula is C26H24N2O. The van der Waals surface area contributed by atoms with Crippen LogP contribution in [0.25, 0.3) is 43.1 Å². The van der Waals surface area contributed by atoms with Gasteiger partial charge in [0.15, 0.2) is 0 Å². The molecule has 0 aliphatic heterocycles. The number of nitrogens with one attached hydrogen (secondary N) is 1. The quantitative estimate of drug-likeness (QED) is 0.336. The normalized spacial score (nSPS) is 14.1. The number of aliphatic hydroxyl groups excluding tert-OH is 1. The van der Waals surface area contributed by atoms with Crippen molar-refractivity contribution in [2.45, 2.75) is 26.3 Å². The summed E-state index contributed by atoms with van der Waals surface area (Å²) in [5.41, 5.74) is 0. The summed E-state index contributed by atoms with van der Waals surface area (Å²) in [5, 5.41) is 29.0. The lowest BCUT2D eigenvalue weighted by atomic mass is 9.89. The maximum absolute atomic E-state index is 9.93. The predicted octanol–water partition coefficient (Wildman–Crippen LogP) is 4.96. The van der Waals surface area contributed by atoms with E-state index in [1.807, 2.05) is 6.07 Å². The Kier molecular flexibility index (Phi) is 4.21. The molecule has 5 aromatic carbocycles. The molecule has 29 heavy (non-hydrogen) atoms. The van der Waals surface area contributed by atoms with Crippen LogP contribution < -0.4 is 10.7 Å². The highest BCUT2D eigenvalue weighted by Gasteiger charge is 2.16. The van der Waals surface area contributed by atoms with Crippen molar-refractivity contribution in [1.29, 1.82) is 5.41 Å². The maximum atomic E-state index is 9.93. The Hall–Kier alpha value is -3.04. The molecule has 1 atom stereocenters. The van der Waals surface area contributed by atoms with Gasteiger partial charge in [0.25, 0.3) is 0 Å². The van der Waals surface area contributed by atoms with Crippen molar-refractivity contribution in [2.75, 3.05) is 6.61 Å². The molecule has 2 N–H and O–H groups in total. The average Bonchev–Trinajstić information content (AvgIpc) is 2.72. The first-order chi connectivity index (χ1) is 14.1. The fraction of sp³-hybridized carbons (Fsp3) is 0.231. The highest BCUT2D eigenvalue weighted by molar-refractivity contribution is 6.32. The van der Waals surface area contributed by atoms with E-state index in [1.165, 1.54) is 21.5 Å².